The second kappa shape index (κ2) is 10.7. The maximum atomic E-state index is 5.96. The Bertz CT molecular complexity index is 880. The first kappa shape index (κ1) is 21.7. The van der Waals surface area contributed by atoms with Crippen molar-refractivity contribution < 1.29 is 9.47 Å². The monoisotopic (exact) mass is 526 g/mol. The number of aromatic nitrogens is 1. The fourth-order valence-corrected chi connectivity index (χ4v) is 4.37. The van der Waals surface area contributed by atoms with E-state index in [1.807, 2.05) is 0 Å². The highest BCUT2D eigenvalue weighted by Gasteiger charge is 2.11. The van der Waals surface area contributed by atoms with Crippen LogP contribution in [0.2, 0.25) is 0 Å². The lowest BCUT2D eigenvalue weighted by molar-refractivity contribution is 0.0368. The Morgan fingerprint density at radius 2 is 1.86 bits per heavy atom. The molecule has 7 heteroatoms. The van der Waals surface area contributed by atoms with Gasteiger partial charge in [0, 0.05) is 28.5 Å². The average Bonchev–Trinajstić information content (AvgIpc) is 3.12. The van der Waals surface area contributed by atoms with E-state index in [4.69, 9.17) is 9.47 Å². The van der Waals surface area contributed by atoms with Crippen molar-refractivity contribution in [1.82, 2.24) is 9.27 Å². The van der Waals surface area contributed by atoms with Crippen molar-refractivity contribution in [3.05, 3.63) is 46.9 Å². The lowest BCUT2D eigenvalue weighted by Crippen LogP contribution is -2.36. The molecule has 0 N–H and O–H groups in total. The van der Waals surface area contributed by atoms with E-state index in [-0.39, 0.29) is 17.0 Å². The number of morpholine rings is 1. The molecule has 1 fully saturated rings. The Morgan fingerprint density at radius 3 is 2.64 bits per heavy atom. The molecule has 0 saturated carbocycles. The summed E-state index contributed by atoms with van der Waals surface area (Å²) < 4.78 is 18.2. The van der Waals surface area contributed by atoms with E-state index in [0.717, 1.165) is 73.8 Å². The zero-order valence-corrected chi connectivity index (χ0v) is 19.7. The van der Waals surface area contributed by atoms with Gasteiger partial charge >= 0.3 is 0 Å². The maximum absolute atomic E-state index is 5.96. The zero-order valence-electron chi connectivity index (χ0n) is 15.6. The Labute approximate surface area is 188 Å². The Hall–Kier alpha value is -0.990. The lowest BCUT2D eigenvalue weighted by Gasteiger charge is -2.26. The molecule has 1 aliphatic rings. The van der Waals surface area contributed by atoms with Crippen molar-refractivity contribution in [2.24, 2.45) is 0 Å². The van der Waals surface area contributed by atoms with Crippen LogP contribution in [0.5, 0.6) is 5.75 Å². The highest BCUT2D eigenvalue weighted by Crippen LogP contribution is 2.33. The summed E-state index contributed by atoms with van der Waals surface area (Å²) in [5.74, 6) is 0.930. The van der Waals surface area contributed by atoms with Crippen LogP contribution in [0.1, 0.15) is 12.8 Å². The topological polar surface area (TPSA) is 34.6 Å². The molecule has 0 spiro atoms. The molecule has 28 heavy (non-hydrogen) atoms. The minimum atomic E-state index is 0. The molecule has 0 amide bonds. The molecule has 0 atom stereocenters. The molecule has 0 unspecified atom stereocenters. The van der Waals surface area contributed by atoms with Gasteiger partial charge in [0.05, 0.1) is 30.2 Å². The van der Waals surface area contributed by atoms with Gasteiger partial charge in [0.2, 0.25) is 0 Å². The second-order valence-electron chi connectivity index (χ2n) is 6.71. The van der Waals surface area contributed by atoms with Crippen molar-refractivity contribution >= 4 is 54.5 Å². The Balaban J connectivity index is 0.00000225. The first-order valence-electron chi connectivity index (χ1n) is 9.38. The number of rotatable bonds is 7. The Morgan fingerprint density at radius 1 is 1.07 bits per heavy atom. The van der Waals surface area contributed by atoms with Gasteiger partial charge in [0.1, 0.15) is 5.75 Å². The minimum absolute atomic E-state index is 0. The van der Waals surface area contributed by atoms with E-state index in [1.165, 1.54) is 21.6 Å². The summed E-state index contributed by atoms with van der Waals surface area (Å²) in [6, 6.07) is 14.6. The van der Waals surface area contributed by atoms with Crippen molar-refractivity contribution in [3.8, 4) is 17.0 Å². The van der Waals surface area contributed by atoms with Crippen LogP contribution in [-0.2, 0) is 4.74 Å². The predicted molar refractivity (Wildman–Crippen MR) is 125 cm³/mol. The molecule has 1 saturated heterocycles. The number of benzene rings is 2. The van der Waals surface area contributed by atoms with Crippen LogP contribution in [0.4, 0.5) is 0 Å². The van der Waals surface area contributed by atoms with Crippen LogP contribution in [0.25, 0.3) is 21.3 Å². The van der Waals surface area contributed by atoms with Gasteiger partial charge in [-0.1, -0.05) is 28.1 Å². The maximum Gasteiger partial charge on any atom is 0.120 e. The molecule has 0 aliphatic carbocycles. The lowest BCUT2D eigenvalue weighted by atomic mass is 10.1. The molecular weight excluding hydrogens is 504 g/mol. The fourth-order valence-electron chi connectivity index (χ4n) is 3.28. The SMILES string of the molecule is Br.Brc1ccc(-c2nsc3cc(OCCCCN4CCOCC4)ccc23)cc1. The molecule has 150 valence electrons. The molecule has 1 aliphatic heterocycles. The van der Waals surface area contributed by atoms with Crippen LogP contribution in [0.15, 0.2) is 46.9 Å². The quantitative estimate of drug-likeness (QED) is 0.364. The van der Waals surface area contributed by atoms with Gasteiger partial charge < -0.3 is 9.47 Å². The van der Waals surface area contributed by atoms with E-state index < -0.39 is 0 Å². The number of hydrogen-bond donors (Lipinski definition) is 0. The van der Waals surface area contributed by atoms with Gasteiger partial charge in [0.15, 0.2) is 0 Å². The largest absolute Gasteiger partial charge is 0.494 e. The van der Waals surface area contributed by atoms with Crippen LogP contribution in [-0.4, -0.2) is 48.7 Å². The van der Waals surface area contributed by atoms with E-state index in [2.05, 4.69) is 67.7 Å². The smallest absolute Gasteiger partial charge is 0.120 e. The summed E-state index contributed by atoms with van der Waals surface area (Å²) in [6.07, 6.45) is 2.23. The molecule has 4 rings (SSSR count). The van der Waals surface area contributed by atoms with Crippen LogP contribution in [0.3, 0.4) is 0 Å². The third-order valence-corrected chi connectivity index (χ3v) is 6.14. The summed E-state index contributed by atoms with van der Waals surface area (Å²) in [5, 5.41) is 1.18. The van der Waals surface area contributed by atoms with Crippen molar-refractivity contribution in [1.29, 1.82) is 0 Å². The summed E-state index contributed by atoms with van der Waals surface area (Å²) in [6.45, 7) is 5.75. The van der Waals surface area contributed by atoms with Gasteiger partial charge in [-0.3, -0.25) is 4.90 Å². The zero-order chi connectivity index (χ0) is 18.5. The summed E-state index contributed by atoms with van der Waals surface area (Å²) in [7, 11) is 0. The minimum Gasteiger partial charge on any atom is -0.494 e. The first-order valence-corrected chi connectivity index (χ1v) is 10.9. The average molecular weight is 528 g/mol. The van der Waals surface area contributed by atoms with Gasteiger partial charge in [0.25, 0.3) is 0 Å². The van der Waals surface area contributed by atoms with Gasteiger partial charge in [-0.05, 0) is 61.3 Å². The molecule has 2 heterocycles. The van der Waals surface area contributed by atoms with E-state index >= 15 is 0 Å². The molecular formula is C21H24Br2N2O2S. The summed E-state index contributed by atoms with van der Waals surface area (Å²) in [4.78, 5) is 2.47. The molecule has 0 radical (unpaired) electrons. The number of unbranched alkanes of at least 4 members (excludes halogenated alkanes) is 1. The molecule has 4 nitrogen and oxygen atoms in total. The molecule has 1 aromatic heterocycles. The van der Waals surface area contributed by atoms with Crippen LogP contribution >= 0.6 is 44.4 Å². The molecule has 0 bridgehead atoms. The van der Waals surface area contributed by atoms with Crippen LogP contribution < -0.4 is 4.74 Å². The van der Waals surface area contributed by atoms with Crippen molar-refractivity contribution in [3.63, 3.8) is 0 Å². The predicted octanol–water partition coefficient (Wildman–Crippen LogP) is 5.79. The number of nitrogens with zero attached hydrogens (tertiary/aromatic N) is 2. The molecule has 2 aromatic carbocycles. The standard InChI is InChI=1S/C21H23BrN2O2S.BrH/c22-17-5-3-16(4-6-17)21-19-8-7-18(15-20(19)27-23-21)26-12-2-1-9-24-10-13-25-14-11-24;/h3-8,15H,1-2,9-14H2;1H. The number of ether oxygens (including phenoxy) is 2. The van der Waals surface area contributed by atoms with E-state index in [1.54, 1.807) is 0 Å². The third-order valence-electron chi connectivity index (χ3n) is 4.80. The third kappa shape index (κ3) is 5.54. The van der Waals surface area contributed by atoms with E-state index in [0.29, 0.717) is 0 Å². The molecule has 3 aromatic rings. The van der Waals surface area contributed by atoms with Gasteiger partial charge in [-0.15, -0.1) is 17.0 Å². The number of halogens is 2. The Kier molecular flexibility index (Phi) is 8.29. The number of fused-ring (bicyclic) bond motifs is 1. The highest BCUT2D eigenvalue weighted by atomic mass is 79.9. The first-order chi connectivity index (χ1) is 13.3. The normalized spacial score (nSPS) is 14.8. The highest BCUT2D eigenvalue weighted by molar-refractivity contribution is 9.10. The van der Waals surface area contributed by atoms with Crippen LogP contribution in [0, 0.1) is 0 Å². The van der Waals surface area contributed by atoms with E-state index in [9.17, 15) is 0 Å². The fraction of sp³-hybridized carbons (Fsp3) is 0.381. The van der Waals surface area contributed by atoms with Gasteiger partial charge in [-0.2, -0.15) is 4.37 Å². The second-order valence-corrected chi connectivity index (χ2v) is 8.43. The summed E-state index contributed by atoms with van der Waals surface area (Å²) in [5.41, 5.74) is 2.18. The van der Waals surface area contributed by atoms with Crippen molar-refractivity contribution in [2.45, 2.75) is 12.8 Å². The number of hydrogen-bond acceptors (Lipinski definition) is 5. The summed E-state index contributed by atoms with van der Waals surface area (Å²) >= 11 is 5.01. The van der Waals surface area contributed by atoms with Gasteiger partial charge in [-0.25, -0.2) is 0 Å². The van der Waals surface area contributed by atoms with Crippen molar-refractivity contribution in [2.75, 3.05) is 39.5 Å².